The minimum Gasteiger partial charge on any atom is -0.478 e. The van der Waals surface area contributed by atoms with Crippen LogP contribution in [-0.2, 0) is 14.3 Å². The Morgan fingerprint density at radius 2 is 1.62 bits per heavy atom. The molecule has 6 fully saturated rings. The van der Waals surface area contributed by atoms with Crippen LogP contribution in [0.4, 0.5) is 0 Å². The highest BCUT2D eigenvalue weighted by molar-refractivity contribution is 5.89. The van der Waals surface area contributed by atoms with Crippen LogP contribution in [0, 0.1) is 39.9 Å². The van der Waals surface area contributed by atoms with Crippen LogP contribution in [0.3, 0.4) is 0 Å². The van der Waals surface area contributed by atoms with Gasteiger partial charge in [0.1, 0.15) is 6.10 Å². The second-order valence-corrected chi connectivity index (χ2v) is 15.8. The number of rotatable bonds is 3. The van der Waals surface area contributed by atoms with E-state index in [0.29, 0.717) is 24.8 Å². The maximum Gasteiger partial charge on any atom is 0.331 e. The maximum atomic E-state index is 13.3. The highest BCUT2D eigenvalue weighted by Gasteiger charge is 2.70. The Kier molecular flexibility index (Phi) is 7.75. The van der Waals surface area contributed by atoms with Crippen LogP contribution in [0.1, 0.15) is 118 Å². The monoisotopic (exact) mass is 582 g/mol. The third-order valence-corrected chi connectivity index (χ3v) is 13.9. The van der Waals surface area contributed by atoms with E-state index in [1.54, 1.807) is 5.57 Å². The molecule has 42 heavy (non-hydrogen) atoms. The Bertz CT molecular complexity index is 1190. The molecule has 0 aromatic heterocycles. The first-order valence-electron chi connectivity index (χ1n) is 16.8. The molecule has 0 saturated heterocycles. The standard InChI is InChI=1S/C35H54N2O5/c1-19(38)42-27-18-35(4)24(29(27)28(32(40)41)22-11-7-10-21(16-22)20-8-5-6-9-20)17-25(36)31-33(2)14-13-26(39)30(37)23(33)12-15-34(31,35)3/h22-27,30-31,39H,5-18,36-37H2,1-4H3,(H,40,41)/b29-28-/t22?,23-,24-,25+,26+,27-,30-,31-,33-,34-,35-/m0/s1. The third-order valence-electron chi connectivity index (χ3n) is 13.9. The Balaban J connectivity index is 1.45. The van der Waals surface area contributed by atoms with Crippen molar-refractivity contribution in [2.24, 2.45) is 51.4 Å². The molecular formula is C35H54N2O5. The SMILES string of the molecule is CC(=O)O[C@H]1C[C@@]2(C)[C@@H](C[C@@H](N)[C@H]3[C@@]4(C)CC[C@@H](O)[C@@H](N)[C@@H]4CC[C@@]32C)/C1=C(/C(=O)O)C1CCCC(=C2CCCC2)C1. The molecule has 234 valence electrons. The predicted molar refractivity (Wildman–Crippen MR) is 162 cm³/mol. The van der Waals surface area contributed by atoms with Crippen molar-refractivity contribution in [1.29, 1.82) is 0 Å². The van der Waals surface area contributed by atoms with Crippen LogP contribution in [-0.4, -0.2) is 46.4 Å². The number of carbonyl (C=O) groups is 2. The van der Waals surface area contributed by atoms with E-state index in [9.17, 15) is 19.8 Å². The topological polar surface area (TPSA) is 136 Å². The molecule has 0 aromatic carbocycles. The molecule has 6 N–H and O–H groups in total. The highest BCUT2D eigenvalue weighted by atomic mass is 16.5. The molecule has 6 saturated carbocycles. The summed E-state index contributed by atoms with van der Waals surface area (Å²) in [5.74, 6) is -0.888. The molecule has 0 bridgehead atoms. The molecule has 0 aliphatic heterocycles. The Morgan fingerprint density at radius 1 is 0.929 bits per heavy atom. The summed E-state index contributed by atoms with van der Waals surface area (Å²) in [6.07, 6.45) is 12.4. The number of aliphatic hydroxyl groups excluding tert-OH is 1. The van der Waals surface area contributed by atoms with Crippen molar-refractivity contribution in [2.45, 2.75) is 142 Å². The Hall–Kier alpha value is -1.70. The normalized spacial score (nSPS) is 48.3. The molecule has 7 nitrogen and oxygen atoms in total. The zero-order chi connectivity index (χ0) is 30.2. The van der Waals surface area contributed by atoms with Gasteiger partial charge in [0.25, 0.3) is 0 Å². The zero-order valence-corrected chi connectivity index (χ0v) is 26.3. The van der Waals surface area contributed by atoms with Gasteiger partial charge in [-0.2, -0.15) is 0 Å². The molecule has 6 aliphatic carbocycles. The van der Waals surface area contributed by atoms with E-state index >= 15 is 0 Å². The first-order chi connectivity index (χ1) is 19.8. The van der Waals surface area contributed by atoms with E-state index in [0.717, 1.165) is 63.4 Å². The lowest BCUT2D eigenvalue weighted by molar-refractivity contribution is -0.196. The van der Waals surface area contributed by atoms with E-state index in [1.165, 1.54) is 25.3 Å². The fraction of sp³-hybridized carbons (Fsp3) is 0.829. The van der Waals surface area contributed by atoms with E-state index in [-0.39, 0.29) is 58.0 Å². The van der Waals surface area contributed by atoms with Gasteiger partial charge in [-0.05, 0) is 135 Å². The Labute approximate surface area is 251 Å². The molecule has 6 rings (SSSR count). The van der Waals surface area contributed by atoms with Gasteiger partial charge in [-0.3, -0.25) is 4.79 Å². The predicted octanol–water partition coefficient (Wildman–Crippen LogP) is 5.64. The number of esters is 1. The highest BCUT2D eigenvalue weighted by Crippen LogP contribution is 2.74. The fourth-order valence-electron chi connectivity index (χ4n) is 12.0. The van der Waals surface area contributed by atoms with Crippen LogP contribution < -0.4 is 11.5 Å². The van der Waals surface area contributed by atoms with Gasteiger partial charge >= 0.3 is 11.9 Å². The minimum absolute atomic E-state index is 0.0447. The van der Waals surface area contributed by atoms with Crippen LogP contribution in [0.5, 0.6) is 0 Å². The first kappa shape index (κ1) is 30.3. The maximum absolute atomic E-state index is 13.3. The Morgan fingerprint density at radius 3 is 2.29 bits per heavy atom. The van der Waals surface area contributed by atoms with Crippen LogP contribution in [0.15, 0.2) is 22.3 Å². The average molecular weight is 583 g/mol. The quantitative estimate of drug-likeness (QED) is 0.192. The number of fused-ring (bicyclic) bond motifs is 5. The van der Waals surface area contributed by atoms with Crippen molar-refractivity contribution >= 4 is 11.9 Å². The second-order valence-electron chi connectivity index (χ2n) is 15.8. The van der Waals surface area contributed by atoms with Crippen molar-refractivity contribution in [3.63, 3.8) is 0 Å². The summed E-state index contributed by atoms with van der Waals surface area (Å²) in [4.78, 5) is 25.8. The molecule has 11 atom stereocenters. The van der Waals surface area contributed by atoms with E-state index in [2.05, 4.69) is 20.8 Å². The van der Waals surface area contributed by atoms with Crippen molar-refractivity contribution in [1.82, 2.24) is 0 Å². The number of carboxylic acid groups (broad SMARTS) is 1. The molecule has 0 amide bonds. The van der Waals surface area contributed by atoms with Crippen LogP contribution in [0.25, 0.3) is 0 Å². The smallest absolute Gasteiger partial charge is 0.331 e. The number of hydrogen-bond donors (Lipinski definition) is 4. The molecule has 7 heteroatoms. The molecule has 0 spiro atoms. The third kappa shape index (κ3) is 4.46. The molecule has 6 aliphatic rings. The van der Waals surface area contributed by atoms with Gasteiger partial charge in [-0.15, -0.1) is 0 Å². The van der Waals surface area contributed by atoms with Gasteiger partial charge in [0.15, 0.2) is 0 Å². The van der Waals surface area contributed by atoms with Gasteiger partial charge in [-0.25, -0.2) is 4.79 Å². The number of nitrogens with two attached hydrogens (primary N) is 2. The average Bonchev–Trinajstić information content (AvgIpc) is 3.55. The van der Waals surface area contributed by atoms with Crippen molar-refractivity contribution in [2.75, 3.05) is 0 Å². The van der Waals surface area contributed by atoms with Crippen molar-refractivity contribution < 1.29 is 24.5 Å². The number of aliphatic carboxylic acids is 1. The summed E-state index contributed by atoms with van der Waals surface area (Å²) in [6.45, 7) is 8.53. The summed E-state index contributed by atoms with van der Waals surface area (Å²) in [6, 6.07) is -0.362. The first-order valence-corrected chi connectivity index (χ1v) is 16.8. The van der Waals surface area contributed by atoms with Crippen LogP contribution >= 0.6 is 0 Å². The molecule has 0 aromatic rings. The summed E-state index contributed by atoms with van der Waals surface area (Å²) in [5, 5.41) is 21.6. The fourth-order valence-corrected chi connectivity index (χ4v) is 12.0. The molecular weight excluding hydrogens is 528 g/mol. The number of aliphatic hydroxyl groups is 1. The lowest BCUT2D eigenvalue weighted by Crippen LogP contribution is -2.69. The van der Waals surface area contributed by atoms with E-state index in [1.807, 2.05) is 0 Å². The van der Waals surface area contributed by atoms with Gasteiger partial charge in [0.05, 0.1) is 6.10 Å². The number of allylic oxidation sites excluding steroid dienone is 2. The summed E-state index contributed by atoms with van der Waals surface area (Å²) in [5.41, 5.74) is 17.8. The second kappa shape index (κ2) is 10.7. The van der Waals surface area contributed by atoms with E-state index < -0.39 is 18.2 Å². The van der Waals surface area contributed by atoms with Crippen LogP contribution in [0.2, 0.25) is 0 Å². The lowest BCUT2D eigenvalue weighted by atomic mass is 9.36. The number of carbonyl (C=O) groups excluding carboxylic acids is 1. The number of hydrogen-bond acceptors (Lipinski definition) is 6. The minimum atomic E-state index is -0.849. The van der Waals surface area contributed by atoms with Crippen molar-refractivity contribution in [3.8, 4) is 0 Å². The lowest BCUT2D eigenvalue weighted by Gasteiger charge is -2.69. The van der Waals surface area contributed by atoms with Crippen molar-refractivity contribution in [3.05, 3.63) is 22.3 Å². The summed E-state index contributed by atoms with van der Waals surface area (Å²) >= 11 is 0. The number of carboxylic acids is 1. The largest absolute Gasteiger partial charge is 0.478 e. The summed E-state index contributed by atoms with van der Waals surface area (Å²) in [7, 11) is 0. The van der Waals surface area contributed by atoms with Gasteiger partial charge in [0, 0.05) is 24.6 Å². The summed E-state index contributed by atoms with van der Waals surface area (Å²) < 4.78 is 6.09. The number of ether oxygens (including phenoxy) is 1. The van der Waals surface area contributed by atoms with E-state index in [4.69, 9.17) is 16.2 Å². The van der Waals surface area contributed by atoms with Gasteiger partial charge < -0.3 is 26.4 Å². The van der Waals surface area contributed by atoms with Gasteiger partial charge in [-0.1, -0.05) is 31.9 Å². The zero-order valence-electron chi connectivity index (χ0n) is 26.3. The molecule has 0 radical (unpaired) electrons. The molecule has 1 unspecified atom stereocenters. The molecule has 0 heterocycles. The van der Waals surface area contributed by atoms with Gasteiger partial charge in [0.2, 0.25) is 0 Å².